The largest absolute Gasteiger partial charge is 0.497 e. The molecule has 1 aliphatic heterocycles. The van der Waals surface area contributed by atoms with Crippen LogP contribution in [0.2, 0.25) is 19.6 Å². The van der Waals surface area contributed by atoms with Crippen LogP contribution >= 0.6 is 0 Å². The smallest absolute Gasteiger partial charge is 0.444 e. The number of halogens is 3. The summed E-state index contributed by atoms with van der Waals surface area (Å²) in [5.41, 5.74) is 0.657. The molecular formula is C22H26F3NO4Si. The Balaban J connectivity index is 2.14. The van der Waals surface area contributed by atoms with Gasteiger partial charge < -0.3 is 18.8 Å². The van der Waals surface area contributed by atoms with Crippen LogP contribution in [-0.4, -0.2) is 44.2 Å². The second-order valence-corrected chi connectivity index (χ2v) is 12.8. The van der Waals surface area contributed by atoms with Gasteiger partial charge in [-0.25, -0.2) is 0 Å². The minimum Gasteiger partial charge on any atom is -0.497 e. The highest BCUT2D eigenvalue weighted by Gasteiger charge is 2.70. The molecule has 2 aromatic carbocycles. The molecule has 0 unspecified atom stereocenters. The first-order valence-electron chi connectivity index (χ1n) is 9.86. The van der Waals surface area contributed by atoms with Gasteiger partial charge in [0.1, 0.15) is 5.75 Å². The lowest BCUT2D eigenvalue weighted by Gasteiger charge is -2.39. The molecule has 2 aromatic rings. The molecule has 0 spiro atoms. The molecule has 9 heteroatoms. The van der Waals surface area contributed by atoms with E-state index in [0.717, 1.165) is 4.90 Å². The number of alkyl halides is 3. The Bertz CT molecular complexity index is 915. The highest BCUT2D eigenvalue weighted by atomic mass is 28.4. The number of hydrogen-bond donors (Lipinski definition) is 0. The van der Waals surface area contributed by atoms with Crippen LogP contribution in [0.4, 0.5) is 13.2 Å². The van der Waals surface area contributed by atoms with Crippen molar-refractivity contribution in [3.8, 4) is 5.75 Å². The summed E-state index contributed by atoms with van der Waals surface area (Å²) in [5, 5.41) is 0. The van der Waals surface area contributed by atoms with Crippen molar-refractivity contribution < 1.29 is 31.9 Å². The molecule has 31 heavy (non-hydrogen) atoms. The third kappa shape index (κ3) is 4.49. The summed E-state index contributed by atoms with van der Waals surface area (Å²) in [7, 11) is -1.25. The number of hydrogen-bond acceptors (Lipinski definition) is 4. The lowest BCUT2D eigenvalue weighted by molar-refractivity contribution is -0.352. The third-order valence-electron chi connectivity index (χ3n) is 5.02. The Morgan fingerprint density at radius 1 is 1.06 bits per heavy atom. The first-order valence-corrected chi connectivity index (χ1v) is 13.3. The van der Waals surface area contributed by atoms with E-state index in [4.69, 9.17) is 13.9 Å². The quantitative estimate of drug-likeness (QED) is 0.572. The lowest BCUT2D eigenvalue weighted by atomic mass is 10.1. The summed E-state index contributed by atoms with van der Waals surface area (Å²) >= 11 is 0. The van der Waals surface area contributed by atoms with Gasteiger partial charge in [-0.2, -0.15) is 13.2 Å². The molecule has 1 fully saturated rings. The van der Waals surface area contributed by atoms with Crippen molar-refractivity contribution in [2.45, 2.75) is 50.8 Å². The third-order valence-corrected chi connectivity index (χ3v) is 5.93. The summed E-state index contributed by atoms with van der Waals surface area (Å²) in [6, 6.07) is 13.2. The van der Waals surface area contributed by atoms with Gasteiger partial charge in [-0.05, 0) is 50.8 Å². The lowest BCUT2D eigenvalue weighted by Crippen LogP contribution is -2.60. The molecule has 168 valence electrons. The first kappa shape index (κ1) is 23.3. The molecule has 0 N–H and O–H groups in total. The molecule has 3 atom stereocenters. The van der Waals surface area contributed by atoms with Gasteiger partial charge >= 0.3 is 6.18 Å². The number of nitrogens with zero attached hydrogens (tertiary/aromatic N) is 1. The van der Waals surface area contributed by atoms with Crippen molar-refractivity contribution in [2.75, 3.05) is 7.11 Å². The summed E-state index contributed by atoms with van der Waals surface area (Å²) in [4.78, 5) is 14.5. The second-order valence-electron chi connectivity index (χ2n) is 8.38. The monoisotopic (exact) mass is 453 g/mol. The molecule has 0 saturated carbocycles. The van der Waals surface area contributed by atoms with E-state index < -0.39 is 38.5 Å². The van der Waals surface area contributed by atoms with Gasteiger partial charge in [0.2, 0.25) is 0 Å². The van der Waals surface area contributed by atoms with Crippen LogP contribution in [0.5, 0.6) is 5.75 Å². The molecule has 1 saturated heterocycles. The van der Waals surface area contributed by atoms with Crippen LogP contribution in [0.15, 0.2) is 54.6 Å². The molecule has 0 aliphatic carbocycles. The van der Waals surface area contributed by atoms with Gasteiger partial charge in [-0.15, -0.1) is 0 Å². The van der Waals surface area contributed by atoms with Gasteiger partial charge in [-0.1, -0.05) is 30.3 Å². The molecule has 0 aromatic heterocycles. The van der Waals surface area contributed by atoms with Crippen LogP contribution in [0, 0.1) is 0 Å². The minimum absolute atomic E-state index is 0.266. The van der Waals surface area contributed by atoms with E-state index in [1.165, 1.54) is 14.0 Å². The Hall–Kier alpha value is -2.36. The van der Waals surface area contributed by atoms with Crippen LogP contribution in [-0.2, 0) is 9.16 Å². The Morgan fingerprint density at radius 2 is 1.65 bits per heavy atom. The fraction of sp³-hybridized carbons (Fsp3) is 0.409. The number of ether oxygens (including phenoxy) is 2. The molecular weight excluding hydrogens is 427 g/mol. The zero-order valence-electron chi connectivity index (χ0n) is 18.1. The molecule has 1 aliphatic rings. The van der Waals surface area contributed by atoms with Gasteiger partial charge in [0.15, 0.2) is 14.5 Å². The Morgan fingerprint density at radius 3 is 2.13 bits per heavy atom. The predicted molar refractivity (Wildman–Crippen MR) is 112 cm³/mol. The van der Waals surface area contributed by atoms with E-state index in [1.54, 1.807) is 74.2 Å². The van der Waals surface area contributed by atoms with Crippen molar-refractivity contribution >= 4 is 14.2 Å². The maximum absolute atomic E-state index is 14.5. The van der Waals surface area contributed by atoms with Crippen molar-refractivity contribution in [3.05, 3.63) is 65.7 Å². The number of methoxy groups -OCH3 is 1. The average Bonchev–Trinajstić information content (AvgIpc) is 3.00. The van der Waals surface area contributed by atoms with E-state index in [-0.39, 0.29) is 5.56 Å². The molecule has 1 heterocycles. The molecule has 3 rings (SSSR count). The molecule has 1 amide bonds. The number of rotatable bonds is 5. The van der Waals surface area contributed by atoms with Crippen molar-refractivity contribution in [1.29, 1.82) is 0 Å². The number of benzene rings is 2. The van der Waals surface area contributed by atoms with Crippen molar-refractivity contribution in [3.63, 3.8) is 0 Å². The fourth-order valence-electron chi connectivity index (χ4n) is 3.64. The van der Waals surface area contributed by atoms with E-state index in [0.29, 0.717) is 11.3 Å². The van der Waals surface area contributed by atoms with Crippen LogP contribution in [0.3, 0.4) is 0 Å². The minimum atomic E-state index is -4.86. The zero-order valence-corrected chi connectivity index (χ0v) is 19.1. The van der Waals surface area contributed by atoms with Crippen molar-refractivity contribution in [2.24, 2.45) is 0 Å². The van der Waals surface area contributed by atoms with Crippen LogP contribution in [0.25, 0.3) is 0 Å². The van der Waals surface area contributed by atoms with E-state index >= 15 is 0 Å². The molecule has 0 radical (unpaired) electrons. The Labute approximate surface area is 180 Å². The molecule has 0 bridgehead atoms. The number of carbonyl (C=O) groups excluding carboxylic acids is 1. The maximum atomic E-state index is 14.5. The summed E-state index contributed by atoms with van der Waals surface area (Å²) in [6.07, 6.45) is -6.14. The van der Waals surface area contributed by atoms with Gasteiger partial charge in [0, 0.05) is 11.1 Å². The van der Waals surface area contributed by atoms with Crippen LogP contribution < -0.4 is 4.74 Å². The average molecular weight is 454 g/mol. The summed E-state index contributed by atoms with van der Waals surface area (Å²) in [6.45, 7) is 6.28. The summed E-state index contributed by atoms with van der Waals surface area (Å²) in [5.74, 6) is -2.97. The number of amides is 1. The van der Waals surface area contributed by atoms with Gasteiger partial charge in [-0.3, -0.25) is 4.79 Å². The molecule has 5 nitrogen and oxygen atoms in total. The van der Waals surface area contributed by atoms with Crippen LogP contribution in [0.1, 0.15) is 29.1 Å². The second kappa shape index (κ2) is 8.29. The van der Waals surface area contributed by atoms with Crippen molar-refractivity contribution in [1.82, 2.24) is 4.90 Å². The highest BCUT2D eigenvalue weighted by Crippen LogP contribution is 2.51. The normalized spacial score (nSPS) is 24.3. The topological polar surface area (TPSA) is 48.0 Å². The maximum Gasteiger partial charge on any atom is 0.444 e. The predicted octanol–water partition coefficient (Wildman–Crippen LogP) is 5.37. The SMILES string of the molecule is COc1ccc([C@@H]2O[C@](O[Si](C)(C)C)(C(F)(F)F)[C@H](C)N2C(=O)c2ccccc2)cc1. The summed E-state index contributed by atoms with van der Waals surface area (Å²) < 4.78 is 59.8. The fourth-order valence-corrected chi connectivity index (χ4v) is 4.89. The van der Waals surface area contributed by atoms with Gasteiger partial charge in [0.05, 0.1) is 13.2 Å². The van der Waals surface area contributed by atoms with E-state index in [9.17, 15) is 18.0 Å². The first-order chi connectivity index (χ1) is 14.4. The van der Waals surface area contributed by atoms with E-state index in [1.807, 2.05) is 0 Å². The van der Waals surface area contributed by atoms with Gasteiger partial charge in [0.25, 0.3) is 11.7 Å². The zero-order chi connectivity index (χ0) is 23.0. The van der Waals surface area contributed by atoms with E-state index in [2.05, 4.69) is 0 Å². The standard InChI is InChI=1S/C22H26F3NO4Si/c1-15-21(22(23,24)25,30-31(3,4)5)29-20(17-11-13-18(28-2)14-12-17)26(15)19(27)16-9-7-6-8-10-16/h6-15,20H,1-5H3/t15-,20-,21+/m0/s1. The Kier molecular flexibility index (Phi) is 6.23. The number of carbonyl (C=O) groups is 1. The highest BCUT2D eigenvalue weighted by molar-refractivity contribution is 6.69.